The Morgan fingerprint density at radius 1 is 1.78 bits per heavy atom. The number of halogens is 1. The van der Waals surface area contributed by atoms with Crippen molar-refractivity contribution < 1.29 is 9.53 Å². The first kappa shape index (κ1) is 11.6. The molecule has 0 saturated carbocycles. The minimum atomic E-state index is -0.745. The lowest BCUT2D eigenvalue weighted by Gasteiger charge is -1.86. The van der Waals surface area contributed by atoms with Crippen LogP contribution in [0.3, 0.4) is 0 Å². The molecule has 5 heteroatoms. The number of amides is 1. The smallest absolute Gasteiger partial charge is 0.435 e. The van der Waals surface area contributed by atoms with E-state index in [-0.39, 0.29) is 11.9 Å². The monoisotopic (exact) mass is 169 g/mol. The van der Waals surface area contributed by atoms with Gasteiger partial charge in [0, 0.05) is 0 Å². The van der Waals surface area contributed by atoms with E-state index in [1.165, 1.54) is 7.11 Å². The molecule has 3 nitrogen and oxygen atoms in total. The molecule has 0 rings (SSSR count). The Morgan fingerprint density at radius 2 is 2.22 bits per heavy atom. The summed E-state index contributed by atoms with van der Waals surface area (Å²) in [6.45, 7) is 0. The van der Waals surface area contributed by atoms with Crippen LogP contribution in [0.25, 0.3) is 0 Å². The van der Waals surface area contributed by atoms with Gasteiger partial charge in [0.15, 0.2) is 4.50 Å². The van der Waals surface area contributed by atoms with Crippen LogP contribution in [0, 0.1) is 0 Å². The molecule has 0 heterocycles. The van der Waals surface area contributed by atoms with Crippen molar-refractivity contribution in [2.45, 2.75) is 7.43 Å². The first-order valence-electron chi connectivity index (χ1n) is 1.68. The molecule has 9 heavy (non-hydrogen) atoms. The van der Waals surface area contributed by atoms with Crippen LogP contribution in [0.15, 0.2) is 4.99 Å². The fraction of sp³-hybridized carbons (Fsp3) is 0.500. The van der Waals surface area contributed by atoms with Gasteiger partial charge in [-0.25, -0.2) is 4.79 Å². The highest BCUT2D eigenvalue weighted by atomic mass is 35.5. The van der Waals surface area contributed by atoms with Crippen molar-refractivity contribution >= 4 is 34.8 Å². The SMILES string of the molecule is C.COC(=O)N=C(S)Cl. The third-order valence-electron chi connectivity index (χ3n) is 0.358. The summed E-state index contributed by atoms with van der Waals surface area (Å²) in [7, 11) is 1.21. The molecule has 0 aliphatic carbocycles. The fourth-order valence-electron chi connectivity index (χ4n) is 0.121. The molecule has 0 radical (unpaired) electrons. The van der Waals surface area contributed by atoms with Crippen LogP contribution in [0.4, 0.5) is 4.79 Å². The molecule has 0 saturated heterocycles. The molecular weight excluding hydrogens is 162 g/mol. The number of aliphatic imine (C=N–C) groups is 1. The second kappa shape index (κ2) is 5.91. The van der Waals surface area contributed by atoms with Gasteiger partial charge < -0.3 is 4.74 Å². The lowest BCUT2D eigenvalue weighted by Crippen LogP contribution is -1.92. The summed E-state index contributed by atoms with van der Waals surface area (Å²) in [5.41, 5.74) is 0. The maximum Gasteiger partial charge on any atom is 0.435 e. The Kier molecular flexibility index (Phi) is 7.59. The zero-order valence-electron chi connectivity index (χ0n) is 4.09. The standard InChI is InChI=1S/C3H4ClNO2S.CH4/c1-7-3(6)5-2(4)8;/h1H3,(H,5,6,8);1H4. The summed E-state index contributed by atoms with van der Waals surface area (Å²) in [6.07, 6.45) is -0.745. The van der Waals surface area contributed by atoms with E-state index in [4.69, 9.17) is 11.6 Å². The molecule has 54 valence electrons. The molecule has 0 aromatic rings. The Hall–Kier alpha value is -0.220. The number of rotatable bonds is 0. The molecule has 0 aliphatic rings. The van der Waals surface area contributed by atoms with Crippen molar-refractivity contribution in [1.29, 1.82) is 0 Å². The van der Waals surface area contributed by atoms with E-state index in [0.717, 1.165) is 0 Å². The molecule has 0 fully saturated rings. The highest BCUT2D eigenvalue weighted by molar-refractivity contribution is 8.00. The second-order valence-corrected chi connectivity index (χ2v) is 1.90. The van der Waals surface area contributed by atoms with Gasteiger partial charge in [0.1, 0.15) is 0 Å². The van der Waals surface area contributed by atoms with E-state index in [9.17, 15) is 4.79 Å². The number of hydrogen-bond acceptors (Lipinski definition) is 2. The predicted molar refractivity (Wildman–Crippen MR) is 41.4 cm³/mol. The molecule has 0 unspecified atom stereocenters. The summed E-state index contributed by atoms with van der Waals surface area (Å²) in [5, 5.41) is 0. The Labute approximate surface area is 64.5 Å². The van der Waals surface area contributed by atoms with Crippen molar-refractivity contribution in [2.75, 3.05) is 7.11 Å². The van der Waals surface area contributed by atoms with Crippen LogP contribution in [0.2, 0.25) is 0 Å². The summed E-state index contributed by atoms with van der Waals surface area (Å²) in [4.78, 5) is 13.2. The van der Waals surface area contributed by atoms with Crippen molar-refractivity contribution in [3.05, 3.63) is 0 Å². The Morgan fingerprint density at radius 3 is 2.33 bits per heavy atom. The third kappa shape index (κ3) is 7.78. The van der Waals surface area contributed by atoms with Gasteiger partial charge in [-0.1, -0.05) is 19.0 Å². The maximum absolute atomic E-state index is 10.1. The lowest BCUT2D eigenvalue weighted by molar-refractivity contribution is 0.183. The quantitative estimate of drug-likeness (QED) is 0.342. The van der Waals surface area contributed by atoms with E-state index in [2.05, 4.69) is 22.4 Å². The van der Waals surface area contributed by atoms with E-state index >= 15 is 0 Å². The molecule has 1 amide bonds. The Balaban J connectivity index is 0. The van der Waals surface area contributed by atoms with Crippen LogP contribution < -0.4 is 0 Å². The van der Waals surface area contributed by atoms with Gasteiger partial charge in [0.2, 0.25) is 0 Å². The highest BCUT2D eigenvalue weighted by Gasteiger charge is 1.92. The van der Waals surface area contributed by atoms with Crippen LogP contribution in [-0.4, -0.2) is 17.7 Å². The molecule has 0 bridgehead atoms. The summed E-state index contributed by atoms with van der Waals surface area (Å²) >= 11 is 8.57. The van der Waals surface area contributed by atoms with Gasteiger partial charge in [-0.15, -0.1) is 12.6 Å². The normalized spacial score (nSPS) is 9.89. The number of nitrogens with zero attached hydrogens (tertiary/aromatic N) is 1. The second-order valence-electron chi connectivity index (χ2n) is 0.851. The van der Waals surface area contributed by atoms with Crippen LogP contribution in [0.5, 0.6) is 0 Å². The Bertz CT molecular complexity index is 122. The molecule has 0 N–H and O–H groups in total. The average molecular weight is 170 g/mol. The van der Waals surface area contributed by atoms with E-state index in [0.29, 0.717) is 0 Å². The molecule has 0 aromatic carbocycles. The summed E-state index contributed by atoms with van der Waals surface area (Å²) < 4.78 is 3.97. The minimum Gasteiger partial charge on any atom is -0.451 e. The van der Waals surface area contributed by atoms with Crippen molar-refractivity contribution in [2.24, 2.45) is 4.99 Å². The minimum absolute atomic E-state index is 0. The van der Waals surface area contributed by atoms with Crippen LogP contribution in [0.1, 0.15) is 7.43 Å². The number of thiol groups is 1. The number of carbonyl (C=O) groups is 1. The summed E-state index contributed by atoms with van der Waals surface area (Å²) in [5.74, 6) is 0. The molecule has 0 atom stereocenters. The van der Waals surface area contributed by atoms with Gasteiger partial charge in [-0.3, -0.25) is 0 Å². The van der Waals surface area contributed by atoms with Crippen molar-refractivity contribution in [3.63, 3.8) is 0 Å². The number of hydrogen-bond donors (Lipinski definition) is 1. The largest absolute Gasteiger partial charge is 0.451 e. The summed E-state index contributed by atoms with van der Waals surface area (Å²) in [6, 6.07) is 0. The highest BCUT2D eigenvalue weighted by Crippen LogP contribution is 1.91. The van der Waals surface area contributed by atoms with Crippen LogP contribution >= 0.6 is 24.2 Å². The van der Waals surface area contributed by atoms with Gasteiger partial charge in [-0.2, -0.15) is 4.99 Å². The van der Waals surface area contributed by atoms with Gasteiger partial charge in [-0.05, 0) is 0 Å². The topological polar surface area (TPSA) is 38.7 Å². The average Bonchev–Trinajstić information content (AvgIpc) is 1.65. The number of methoxy groups -OCH3 is 1. The van der Waals surface area contributed by atoms with E-state index < -0.39 is 6.09 Å². The van der Waals surface area contributed by atoms with E-state index in [1.54, 1.807) is 0 Å². The molecule has 0 spiro atoms. The third-order valence-corrected chi connectivity index (χ3v) is 0.543. The first-order chi connectivity index (χ1) is 3.66. The maximum atomic E-state index is 10.1. The molecular formula is C4H8ClNO2S. The zero-order valence-corrected chi connectivity index (χ0v) is 5.74. The van der Waals surface area contributed by atoms with Crippen molar-refractivity contribution in [3.8, 4) is 0 Å². The lowest BCUT2D eigenvalue weighted by atomic mass is 11.2. The fourth-order valence-corrected chi connectivity index (χ4v) is 0.272. The number of ether oxygens (including phenoxy) is 1. The van der Waals surface area contributed by atoms with Gasteiger partial charge >= 0.3 is 6.09 Å². The predicted octanol–water partition coefficient (Wildman–Crippen LogP) is 1.91. The van der Waals surface area contributed by atoms with Gasteiger partial charge in [0.05, 0.1) is 7.11 Å². The first-order valence-corrected chi connectivity index (χ1v) is 2.50. The van der Waals surface area contributed by atoms with Crippen molar-refractivity contribution in [1.82, 2.24) is 0 Å². The molecule has 0 aliphatic heterocycles. The molecule has 0 aromatic heterocycles. The number of carbonyl (C=O) groups excluding carboxylic acids is 1. The van der Waals surface area contributed by atoms with E-state index in [1.807, 2.05) is 0 Å². The zero-order chi connectivity index (χ0) is 6.57. The van der Waals surface area contributed by atoms with Crippen LogP contribution in [-0.2, 0) is 4.74 Å². The van der Waals surface area contributed by atoms with Gasteiger partial charge in [0.25, 0.3) is 0 Å².